The van der Waals surface area contributed by atoms with Crippen LogP contribution in [-0.4, -0.2) is 48.7 Å². The Morgan fingerprint density at radius 2 is 1.94 bits per heavy atom. The molecule has 31 heavy (non-hydrogen) atoms. The minimum Gasteiger partial charge on any atom is -0.496 e. The quantitative estimate of drug-likeness (QED) is 0.462. The fourth-order valence-corrected chi connectivity index (χ4v) is 3.59. The molecule has 1 aromatic rings. The number of allylic oxidation sites excluding steroid dienone is 2. The van der Waals surface area contributed by atoms with E-state index in [1.165, 1.54) is 12.0 Å². The van der Waals surface area contributed by atoms with Crippen LogP contribution in [0.1, 0.15) is 60.7 Å². The molecule has 0 bridgehead atoms. The van der Waals surface area contributed by atoms with Gasteiger partial charge in [0.05, 0.1) is 7.11 Å². The number of rotatable bonds is 9. The van der Waals surface area contributed by atoms with Gasteiger partial charge in [-0.15, -0.1) is 0 Å². The van der Waals surface area contributed by atoms with Gasteiger partial charge in [-0.1, -0.05) is 25.5 Å². The molecule has 8 heteroatoms. The van der Waals surface area contributed by atoms with Crippen LogP contribution in [0, 0.1) is 12.8 Å². The molecule has 2 rings (SSSR count). The standard InChI is InChI=1S/C23H31NO7/c1-13(2)11-24(5)23(28)31-21-16(9-7-14(3)8-10-18(25)26)20(29-6)15(4)17-12-30-22(27)19(17)21/h7,13H,8-12H2,1-6H3,(H,25,26). The number of carboxylic acid groups (broad SMARTS) is 1. The summed E-state index contributed by atoms with van der Waals surface area (Å²) in [5.74, 6) is -0.497. The third-order valence-electron chi connectivity index (χ3n) is 5.15. The van der Waals surface area contributed by atoms with Crippen LogP contribution in [0.25, 0.3) is 0 Å². The molecule has 0 spiro atoms. The van der Waals surface area contributed by atoms with E-state index in [-0.39, 0.29) is 30.3 Å². The van der Waals surface area contributed by atoms with Crippen LogP contribution in [-0.2, 0) is 22.6 Å². The normalized spacial score (nSPS) is 13.1. The molecule has 1 N–H and O–H groups in total. The molecule has 0 fully saturated rings. The Kier molecular flexibility index (Phi) is 8.08. The van der Waals surface area contributed by atoms with Gasteiger partial charge in [-0.25, -0.2) is 9.59 Å². The van der Waals surface area contributed by atoms with E-state index in [2.05, 4.69) is 0 Å². The van der Waals surface area contributed by atoms with Gasteiger partial charge in [0.15, 0.2) is 5.75 Å². The molecule has 8 nitrogen and oxygen atoms in total. The van der Waals surface area contributed by atoms with Crippen molar-refractivity contribution in [3.05, 3.63) is 33.9 Å². The van der Waals surface area contributed by atoms with E-state index < -0.39 is 18.0 Å². The number of nitrogens with zero attached hydrogens (tertiary/aromatic N) is 1. The Hall–Kier alpha value is -3.03. The second-order valence-electron chi connectivity index (χ2n) is 8.19. The first-order valence-electron chi connectivity index (χ1n) is 10.3. The Labute approximate surface area is 182 Å². The highest BCUT2D eigenvalue weighted by atomic mass is 16.6. The van der Waals surface area contributed by atoms with E-state index in [0.717, 1.165) is 11.1 Å². The summed E-state index contributed by atoms with van der Waals surface area (Å²) in [7, 11) is 3.16. The maximum atomic E-state index is 12.7. The number of cyclic esters (lactones) is 1. The fraction of sp³-hybridized carbons (Fsp3) is 0.522. The number of carbonyl (C=O) groups is 3. The van der Waals surface area contributed by atoms with Crippen molar-refractivity contribution in [2.75, 3.05) is 20.7 Å². The first-order valence-corrected chi connectivity index (χ1v) is 10.3. The number of carboxylic acids is 1. The molecule has 0 unspecified atom stereocenters. The molecule has 0 saturated carbocycles. The Morgan fingerprint density at radius 1 is 1.26 bits per heavy atom. The molecule has 0 radical (unpaired) electrons. The van der Waals surface area contributed by atoms with Crippen LogP contribution in [0.15, 0.2) is 11.6 Å². The van der Waals surface area contributed by atoms with Gasteiger partial charge in [0.2, 0.25) is 0 Å². The van der Waals surface area contributed by atoms with E-state index in [4.69, 9.17) is 19.3 Å². The predicted octanol–water partition coefficient (Wildman–Crippen LogP) is 4.11. The maximum absolute atomic E-state index is 12.7. The minimum absolute atomic E-state index is 0.0247. The molecular weight excluding hydrogens is 402 g/mol. The second-order valence-corrected chi connectivity index (χ2v) is 8.19. The summed E-state index contributed by atoms with van der Waals surface area (Å²) in [6.45, 7) is 8.24. The summed E-state index contributed by atoms with van der Waals surface area (Å²) in [6, 6.07) is 0. The first kappa shape index (κ1) is 24.2. The summed E-state index contributed by atoms with van der Waals surface area (Å²) in [4.78, 5) is 37.5. The number of esters is 1. The first-order chi connectivity index (χ1) is 14.6. The number of aliphatic carboxylic acids is 1. The molecule has 170 valence electrons. The highest BCUT2D eigenvalue weighted by Gasteiger charge is 2.34. The van der Waals surface area contributed by atoms with Crippen LogP contribution in [0.3, 0.4) is 0 Å². The zero-order valence-electron chi connectivity index (χ0n) is 19.0. The summed E-state index contributed by atoms with van der Waals surface area (Å²) in [6.07, 6.45) is 2.02. The van der Waals surface area contributed by atoms with Crippen molar-refractivity contribution in [1.82, 2.24) is 4.90 Å². The summed E-state index contributed by atoms with van der Waals surface area (Å²) < 4.78 is 16.6. The van der Waals surface area contributed by atoms with E-state index in [0.29, 0.717) is 36.3 Å². The van der Waals surface area contributed by atoms with E-state index >= 15 is 0 Å². The lowest BCUT2D eigenvalue weighted by Gasteiger charge is -2.22. The molecule has 1 amide bonds. The van der Waals surface area contributed by atoms with Crippen LogP contribution in [0.2, 0.25) is 0 Å². The van der Waals surface area contributed by atoms with Crippen molar-refractivity contribution in [3.63, 3.8) is 0 Å². The minimum atomic E-state index is -0.871. The number of methoxy groups -OCH3 is 1. The average molecular weight is 434 g/mol. The number of carbonyl (C=O) groups excluding carboxylic acids is 2. The lowest BCUT2D eigenvalue weighted by Crippen LogP contribution is -2.33. The van der Waals surface area contributed by atoms with Crippen molar-refractivity contribution >= 4 is 18.0 Å². The average Bonchev–Trinajstić information content (AvgIpc) is 3.08. The van der Waals surface area contributed by atoms with Gasteiger partial charge < -0.3 is 24.2 Å². The van der Waals surface area contributed by atoms with Gasteiger partial charge >= 0.3 is 18.0 Å². The zero-order valence-corrected chi connectivity index (χ0v) is 19.0. The van der Waals surface area contributed by atoms with Crippen molar-refractivity contribution in [2.45, 2.75) is 53.6 Å². The lowest BCUT2D eigenvalue weighted by atomic mass is 9.94. The number of benzene rings is 1. The van der Waals surface area contributed by atoms with Gasteiger partial charge in [0.1, 0.15) is 17.9 Å². The van der Waals surface area contributed by atoms with Gasteiger partial charge in [0, 0.05) is 31.1 Å². The smallest absolute Gasteiger partial charge is 0.415 e. The second kappa shape index (κ2) is 10.3. The van der Waals surface area contributed by atoms with Gasteiger partial charge in [0.25, 0.3) is 0 Å². The largest absolute Gasteiger partial charge is 0.496 e. The zero-order chi connectivity index (χ0) is 23.3. The fourth-order valence-electron chi connectivity index (χ4n) is 3.59. The number of fused-ring (bicyclic) bond motifs is 1. The molecule has 0 aliphatic carbocycles. The molecule has 0 atom stereocenters. The molecule has 1 aliphatic rings. The third-order valence-corrected chi connectivity index (χ3v) is 5.15. The lowest BCUT2D eigenvalue weighted by molar-refractivity contribution is -0.136. The van der Waals surface area contributed by atoms with Crippen molar-refractivity contribution in [3.8, 4) is 11.5 Å². The number of hydrogen-bond acceptors (Lipinski definition) is 6. The van der Waals surface area contributed by atoms with Gasteiger partial charge in [-0.2, -0.15) is 0 Å². The number of ether oxygens (including phenoxy) is 3. The summed E-state index contributed by atoms with van der Waals surface area (Å²) >= 11 is 0. The molecule has 1 aliphatic heterocycles. The van der Waals surface area contributed by atoms with E-state index in [1.807, 2.05) is 33.8 Å². The van der Waals surface area contributed by atoms with Gasteiger partial charge in [-0.3, -0.25) is 4.79 Å². The highest BCUT2D eigenvalue weighted by molar-refractivity contribution is 5.99. The molecule has 0 saturated heterocycles. The molecule has 1 aromatic carbocycles. The molecular formula is C23H31NO7. The van der Waals surface area contributed by atoms with Crippen LogP contribution in [0.4, 0.5) is 4.79 Å². The number of hydrogen-bond donors (Lipinski definition) is 1. The van der Waals surface area contributed by atoms with E-state index in [1.54, 1.807) is 7.05 Å². The van der Waals surface area contributed by atoms with Gasteiger partial charge in [-0.05, 0) is 38.2 Å². The SMILES string of the molecule is COc1c(C)c2c(c(OC(=O)N(C)CC(C)C)c1CC=C(C)CCC(=O)O)C(=O)OC2. The van der Waals surface area contributed by atoms with Crippen molar-refractivity contribution in [1.29, 1.82) is 0 Å². The van der Waals surface area contributed by atoms with Crippen LogP contribution < -0.4 is 9.47 Å². The Morgan fingerprint density at radius 3 is 2.52 bits per heavy atom. The maximum Gasteiger partial charge on any atom is 0.415 e. The molecule has 0 aromatic heterocycles. The Balaban J connectivity index is 2.51. The number of amides is 1. The van der Waals surface area contributed by atoms with Crippen molar-refractivity contribution < 1.29 is 33.7 Å². The highest BCUT2D eigenvalue weighted by Crippen LogP contribution is 2.43. The monoisotopic (exact) mass is 433 g/mol. The summed E-state index contributed by atoms with van der Waals surface area (Å²) in [5.41, 5.74) is 3.07. The predicted molar refractivity (Wildman–Crippen MR) is 115 cm³/mol. The Bertz CT molecular complexity index is 902. The van der Waals surface area contributed by atoms with Crippen molar-refractivity contribution in [2.24, 2.45) is 5.92 Å². The van der Waals surface area contributed by atoms with Crippen LogP contribution >= 0.6 is 0 Å². The topological polar surface area (TPSA) is 102 Å². The summed E-state index contributed by atoms with van der Waals surface area (Å²) in [5, 5.41) is 8.90. The van der Waals surface area contributed by atoms with Crippen LogP contribution in [0.5, 0.6) is 11.5 Å². The van der Waals surface area contributed by atoms with E-state index in [9.17, 15) is 14.4 Å². The third kappa shape index (κ3) is 5.77. The molecule has 1 heterocycles.